The minimum Gasteiger partial charge on any atom is -0.495 e. The number of nitrogens with zero attached hydrogens (tertiary/aromatic N) is 1. The number of hydrogen-bond acceptors (Lipinski definition) is 6. The number of para-hydroxylation sites is 2. The second kappa shape index (κ2) is 9.37. The predicted octanol–water partition coefficient (Wildman–Crippen LogP) is 5.50. The van der Waals surface area contributed by atoms with E-state index in [0.717, 1.165) is 16.7 Å². The van der Waals surface area contributed by atoms with E-state index in [1.165, 1.54) is 7.11 Å². The Morgan fingerprint density at radius 2 is 1.79 bits per heavy atom. The Kier molecular flexibility index (Phi) is 6.87. The molecular formula is C21H20BrNO5S. The van der Waals surface area contributed by atoms with Gasteiger partial charge >= 0.3 is 0 Å². The van der Waals surface area contributed by atoms with Crippen molar-refractivity contribution in [3.63, 3.8) is 0 Å². The van der Waals surface area contributed by atoms with Gasteiger partial charge in [-0.2, -0.15) is 0 Å². The van der Waals surface area contributed by atoms with Gasteiger partial charge in [-0.05, 0) is 77.4 Å². The average Bonchev–Trinajstić information content (AvgIpc) is 2.97. The van der Waals surface area contributed by atoms with Crippen molar-refractivity contribution in [3.8, 4) is 17.2 Å². The number of hydrogen-bond donors (Lipinski definition) is 0. The Balaban J connectivity index is 1.97. The van der Waals surface area contributed by atoms with Gasteiger partial charge in [0.2, 0.25) is 0 Å². The van der Waals surface area contributed by atoms with Crippen LogP contribution in [-0.2, 0) is 4.79 Å². The van der Waals surface area contributed by atoms with E-state index in [2.05, 4.69) is 15.9 Å². The van der Waals surface area contributed by atoms with Crippen molar-refractivity contribution in [1.82, 2.24) is 0 Å². The first-order valence-corrected chi connectivity index (χ1v) is 10.6. The second-order valence-electron chi connectivity index (χ2n) is 5.88. The fraction of sp³-hybridized carbons (Fsp3) is 0.238. The van der Waals surface area contributed by atoms with Crippen LogP contribution in [0, 0.1) is 0 Å². The van der Waals surface area contributed by atoms with E-state index in [0.29, 0.717) is 51.1 Å². The van der Waals surface area contributed by atoms with Gasteiger partial charge in [0, 0.05) is 0 Å². The van der Waals surface area contributed by atoms with Gasteiger partial charge in [0.05, 0.1) is 35.4 Å². The van der Waals surface area contributed by atoms with Crippen LogP contribution in [0.1, 0.15) is 19.4 Å². The van der Waals surface area contributed by atoms with Crippen LogP contribution in [0.5, 0.6) is 17.2 Å². The average molecular weight is 478 g/mol. The summed E-state index contributed by atoms with van der Waals surface area (Å²) in [6.07, 6.45) is 1.67. The van der Waals surface area contributed by atoms with E-state index >= 15 is 0 Å². The summed E-state index contributed by atoms with van der Waals surface area (Å²) >= 11 is 4.38. The summed E-state index contributed by atoms with van der Waals surface area (Å²) in [4.78, 5) is 26.9. The molecule has 0 bridgehead atoms. The van der Waals surface area contributed by atoms with E-state index in [1.807, 2.05) is 19.9 Å². The maximum Gasteiger partial charge on any atom is 0.298 e. The van der Waals surface area contributed by atoms with E-state index in [9.17, 15) is 9.59 Å². The molecule has 0 atom stereocenters. The maximum absolute atomic E-state index is 12.9. The van der Waals surface area contributed by atoms with E-state index in [-0.39, 0.29) is 5.24 Å². The highest BCUT2D eigenvalue weighted by molar-refractivity contribution is 9.10. The smallest absolute Gasteiger partial charge is 0.298 e. The lowest BCUT2D eigenvalue weighted by Crippen LogP contribution is -2.28. The molecule has 3 rings (SSSR count). The van der Waals surface area contributed by atoms with Crippen LogP contribution in [0.3, 0.4) is 0 Å². The molecule has 29 heavy (non-hydrogen) atoms. The molecule has 0 spiro atoms. The third-order valence-electron chi connectivity index (χ3n) is 4.04. The number of carbonyl (C=O) groups excluding carboxylic acids is 2. The molecule has 8 heteroatoms. The molecule has 1 aliphatic heterocycles. The molecule has 0 saturated carbocycles. The van der Waals surface area contributed by atoms with E-state index in [4.69, 9.17) is 14.2 Å². The van der Waals surface area contributed by atoms with Gasteiger partial charge in [-0.3, -0.25) is 9.59 Å². The van der Waals surface area contributed by atoms with Gasteiger partial charge in [0.1, 0.15) is 5.75 Å². The summed E-state index contributed by atoms with van der Waals surface area (Å²) in [6.45, 7) is 4.74. The fourth-order valence-corrected chi connectivity index (χ4v) is 4.27. The third-order valence-corrected chi connectivity index (χ3v) is 5.50. The number of imide groups is 1. The molecule has 2 amide bonds. The lowest BCUT2D eigenvalue weighted by molar-refractivity contribution is -0.113. The second-order valence-corrected chi connectivity index (χ2v) is 7.73. The van der Waals surface area contributed by atoms with Gasteiger partial charge < -0.3 is 14.2 Å². The van der Waals surface area contributed by atoms with Crippen LogP contribution in [0.15, 0.2) is 45.8 Å². The molecule has 2 aromatic carbocycles. The first-order chi connectivity index (χ1) is 14.0. The molecule has 1 saturated heterocycles. The Morgan fingerprint density at radius 1 is 1.07 bits per heavy atom. The van der Waals surface area contributed by atoms with Crippen molar-refractivity contribution in [1.29, 1.82) is 0 Å². The van der Waals surface area contributed by atoms with Crippen LogP contribution < -0.4 is 19.1 Å². The van der Waals surface area contributed by atoms with Gasteiger partial charge in [-0.25, -0.2) is 4.90 Å². The molecule has 0 unspecified atom stereocenters. The van der Waals surface area contributed by atoms with Crippen molar-refractivity contribution < 1.29 is 23.8 Å². The SMILES string of the molecule is CCOc1cc(/C=C2\SC(=O)N(c3ccccc3OC)C2=O)cc(Br)c1OCC. The summed E-state index contributed by atoms with van der Waals surface area (Å²) in [7, 11) is 1.50. The van der Waals surface area contributed by atoms with E-state index in [1.54, 1.807) is 36.4 Å². The van der Waals surface area contributed by atoms with Gasteiger partial charge in [0.25, 0.3) is 11.1 Å². The lowest BCUT2D eigenvalue weighted by Gasteiger charge is -2.15. The Bertz CT molecular complexity index is 976. The quantitative estimate of drug-likeness (QED) is 0.490. The molecule has 1 fully saturated rings. The van der Waals surface area contributed by atoms with Gasteiger partial charge in [-0.15, -0.1) is 0 Å². The lowest BCUT2D eigenvalue weighted by atomic mass is 10.1. The first-order valence-electron chi connectivity index (χ1n) is 9.00. The number of rotatable bonds is 7. The molecule has 152 valence electrons. The van der Waals surface area contributed by atoms with Gasteiger partial charge in [0.15, 0.2) is 11.5 Å². The van der Waals surface area contributed by atoms with Gasteiger partial charge in [-0.1, -0.05) is 12.1 Å². The van der Waals surface area contributed by atoms with Crippen molar-refractivity contribution in [2.24, 2.45) is 0 Å². The Hall–Kier alpha value is -2.45. The van der Waals surface area contributed by atoms with Crippen LogP contribution >= 0.6 is 27.7 Å². The molecule has 2 aromatic rings. The highest BCUT2D eigenvalue weighted by Gasteiger charge is 2.37. The highest BCUT2D eigenvalue weighted by atomic mass is 79.9. The Labute approximate surface area is 181 Å². The van der Waals surface area contributed by atoms with Crippen LogP contribution in [0.4, 0.5) is 10.5 Å². The number of amides is 2. The van der Waals surface area contributed by atoms with Crippen LogP contribution in [-0.4, -0.2) is 31.5 Å². The molecular weight excluding hydrogens is 458 g/mol. The number of ether oxygens (including phenoxy) is 3. The number of benzene rings is 2. The van der Waals surface area contributed by atoms with Crippen molar-refractivity contribution >= 4 is 50.6 Å². The summed E-state index contributed by atoms with van der Waals surface area (Å²) in [5, 5.41) is -0.374. The van der Waals surface area contributed by atoms with E-state index < -0.39 is 5.91 Å². The zero-order valence-electron chi connectivity index (χ0n) is 16.2. The number of thioether (sulfide) groups is 1. The molecule has 1 aliphatic rings. The van der Waals surface area contributed by atoms with Crippen molar-refractivity contribution in [2.75, 3.05) is 25.2 Å². The largest absolute Gasteiger partial charge is 0.495 e. The number of methoxy groups -OCH3 is 1. The molecule has 6 nitrogen and oxygen atoms in total. The molecule has 0 aromatic heterocycles. The number of carbonyl (C=O) groups is 2. The zero-order valence-corrected chi connectivity index (χ0v) is 18.6. The fourth-order valence-electron chi connectivity index (χ4n) is 2.86. The number of halogens is 1. The summed E-state index contributed by atoms with van der Waals surface area (Å²) in [5.41, 5.74) is 1.14. The summed E-state index contributed by atoms with van der Waals surface area (Å²) < 4.78 is 17.3. The van der Waals surface area contributed by atoms with Crippen LogP contribution in [0.2, 0.25) is 0 Å². The summed E-state index contributed by atoms with van der Waals surface area (Å²) in [6, 6.07) is 10.5. The number of anilines is 1. The highest BCUT2D eigenvalue weighted by Crippen LogP contribution is 2.41. The Morgan fingerprint density at radius 3 is 2.48 bits per heavy atom. The van der Waals surface area contributed by atoms with Crippen molar-refractivity contribution in [3.05, 3.63) is 51.3 Å². The topological polar surface area (TPSA) is 65.1 Å². The summed E-state index contributed by atoms with van der Waals surface area (Å²) in [5.74, 6) is 1.23. The van der Waals surface area contributed by atoms with Crippen LogP contribution in [0.25, 0.3) is 6.08 Å². The standard InChI is InChI=1S/C21H20BrNO5S/c1-4-27-17-11-13(10-14(22)19(17)28-5-2)12-18-20(24)23(21(25)29-18)15-8-6-7-9-16(15)26-3/h6-12H,4-5H2,1-3H3/b18-12-. The molecule has 0 radical (unpaired) electrons. The molecule has 0 aliphatic carbocycles. The maximum atomic E-state index is 12.9. The monoisotopic (exact) mass is 477 g/mol. The first kappa shape index (κ1) is 21.3. The normalized spacial score (nSPS) is 15.2. The molecule has 0 N–H and O–H groups in total. The third kappa shape index (κ3) is 4.43. The van der Waals surface area contributed by atoms with Crippen molar-refractivity contribution in [2.45, 2.75) is 13.8 Å². The minimum absolute atomic E-state index is 0.319. The zero-order chi connectivity index (χ0) is 21.0. The predicted molar refractivity (Wildman–Crippen MR) is 118 cm³/mol. The molecule has 1 heterocycles. The minimum atomic E-state index is -0.396.